The molecule has 1 amide bonds. The Morgan fingerprint density at radius 1 is 1.09 bits per heavy atom. The third-order valence-electron chi connectivity index (χ3n) is 9.05. The van der Waals surface area contributed by atoms with Gasteiger partial charge in [0, 0.05) is 54.9 Å². The number of pyridine rings is 2. The normalized spacial score (nSPS) is 14.8. The van der Waals surface area contributed by atoms with Crippen molar-refractivity contribution in [2.24, 2.45) is 0 Å². The Morgan fingerprint density at radius 2 is 1.91 bits per heavy atom. The van der Waals surface area contributed by atoms with E-state index in [1.807, 2.05) is 43.5 Å². The molecule has 1 aliphatic carbocycles. The number of nitrogens with one attached hydrogen (secondary N) is 2. The van der Waals surface area contributed by atoms with Gasteiger partial charge in [0.25, 0.3) is 11.5 Å². The first-order chi connectivity index (χ1) is 20.8. The number of amides is 1. The molecule has 1 aliphatic heterocycles. The van der Waals surface area contributed by atoms with Gasteiger partial charge in [-0.15, -0.1) is 0 Å². The van der Waals surface area contributed by atoms with E-state index in [-0.39, 0.29) is 18.1 Å². The molecule has 224 valence electrons. The Kier molecular flexibility index (Phi) is 7.94. The lowest BCUT2D eigenvalue weighted by Crippen LogP contribution is -2.41. The average Bonchev–Trinajstić information content (AvgIpc) is 3.40. The monoisotopic (exact) mass is 580 g/mol. The Morgan fingerprint density at radius 3 is 2.65 bits per heavy atom. The van der Waals surface area contributed by atoms with Gasteiger partial charge in [-0.25, -0.2) is 4.98 Å². The Labute approximate surface area is 252 Å². The van der Waals surface area contributed by atoms with Crippen LogP contribution in [0.2, 0.25) is 0 Å². The zero-order valence-electron chi connectivity index (χ0n) is 25.4. The molecule has 0 saturated carbocycles. The molecule has 0 atom stereocenters. The molecular formula is C34H40N6O3. The van der Waals surface area contributed by atoms with Gasteiger partial charge in [0.1, 0.15) is 17.2 Å². The number of H-pyrrole nitrogens is 1. The number of hydrogen-bond acceptors (Lipinski definition) is 6. The van der Waals surface area contributed by atoms with E-state index in [2.05, 4.69) is 51.7 Å². The van der Waals surface area contributed by atoms with Gasteiger partial charge in [0.15, 0.2) is 0 Å². The number of carbonyl (C=O) groups is 1. The summed E-state index contributed by atoms with van der Waals surface area (Å²) in [6, 6.07) is 12.1. The molecule has 9 heteroatoms. The number of aryl methyl sites for hydroxylation is 1. The summed E-state index contributed by atoms with van der Waals surface area (Å²) in [5.41, 5.74) is 8.16. The number of aliphatic hydroxyl groups excluding tert-OH is 1. The predicted molar refractivity (Wildman–Crippen MR) is 170 cm³/mol. The maximum absolute atomic E-state index is 13.8. The number of anilines is 3. The molecule has 6 rings (SSSR count). The summed E-state index contributed by atoms with van der Waals surface area (Å²) in [5, 5.41) is 13.8. The zero-order chi connectivity index (χ0) is 30.2. The standard InChI is InChI=1S/C34H40N6O3/c1-21(2)38(4)19-23-12-13-31(35-17-23)37-32-22(3)26(18-36-33(32)42)25-9-7-11-29(27(25)20-41)40-15-14-39-28-10-6-5-8-24(28)16-30(39)34(40)43/h7,9,11-13,16-18,21,41H,5-6,8,10,14-15,19-20H2,1-4H3,(H,35,37)(H,36,42). The highest BCUT2D eigenvalue weighted by atomic mass is 16.3. The van der Waals surface area contributed by atoms with Crippen LogP contribution in [0.4, 0.5) is 17.2 Å². The van der Waals surface area contributed by atoms with Gasteiger partial charge in [-0.05, 0) is 94.0 Å². The van der Waals surface area contributed by atoms with Crippen molar-refractivity contribution in [2.45, 2.75) is 72.2 Å². The molecule has 4 heterocycles. The molecule has 0 unspecified atom stereocenters. The smallest absolute Gasteiger partial charge is 0.274 e. The molecule has 1 aromatic carbocycles. The van der Waals surface area contributed by atoms with Crippen molar-refractivity contribution in [3.63, 3.8) is 0 Å². The molecule has 0 bridgehead atoms. The second kappa shape index (κ2) is 11.8. The van der Waals surface area contributed by atoms with Crippen LogP contribution >= 0.6 is 0 Å². The lowest BCUT2D eigenvalue weighted by Gasteiger charge is -2.31. The van der Waals surface area contributed by atoms with E-state index in [0.29, 0.717) is 35.3 Å². The fourth-order valence-corrected chi connectivity index (χ4v) is 6.36. The number of benzene rings is 1. The predicted octanol–water partition coefficient (Wildman–Crippen LogP) is 5.16. The summed E-state index contributed by atoms with van der Waals surface area (Å²) >= 11 is 0. The maximum atomic E-state index is 13.8. The zero-order valence-corrected chi connectivity index (χ0v) is 25.4. The highest BCUT2D eigenvalue weighted by Crippen LogP contribution is 2.37. The van der Waals surface area contributed by atoms with Crippen LogP contribution in [0.3, 0.4) is 0 Å². The minimum atomic E-state index is -0.260. The largest absolute Gasteiger partial charge is 0.392 e. The van der Waals surface area contributed by atoms with E-state index in [1.165, 1.54) is 11.3 Å². The van der Waals surface area contributed by atoms with Crippen LogP contribution in [0.15, 0.2) is 53.6 Å². The van der Waals surface area contributed by atoms with Crippen molar-refractivity contribution in [3.8, 4) is 11.1 Å². The first-order valence-corrected chi connectivity index (χ1v) is 15.2. The van der Waals surface area contributed by atoms with Gasteiger partial charge in [0.2, 0.25) is 0 Å². The minimum absolute atomic E-state index is 0.0397. The molecule has 4 aromatic rings. The van der Waals surface area contributed by atoms with Crippen molar-refractivity contribution >= 4 is 23.1 Å². The van der Waals surface area contributed by atoms with Crippen molar-refractivity contribution in [1.29, 1.82) is 0 Å². The van der Waals surface area contributed by atoms with E-state index in [4.69, 9.17) is 0 Å². The second-order valence-electron chi connectivity index (χ2n) is 12.0. The van der Waals surface area contributed by atoms with Gasteiger partial charge in [-0.1, -0.05) is 18.2 Å². The highest BCUT2D eigenvalue weighted by molar-refractivity contribution is 6.07. The number of nitrogens with zero attached hydrogens (tertiary/aromatic N) is 4. The van der Waals surface area contributed by atoms with Crippen LogP contribution < -0.4 is 15.8 Å². The summed E-state index contributed by atoms with van der Waals surface area (Å²) in [6.45, 7) is 7.99. The van der Waals surface area contributed by atoms with Crippen LogP contribution in [-0.2, 0) is 32.5 Å². The first-order valence-electron chi connectivity index (χ1n) is 15.2. The summed E-state index contributed by atoms with van der Waals surface area (Å²) in [6.07, 6.45) is 7.88. The number of aliphatic hydroxyl groups is 1. The Hall–Kier alpha value is -4.21. The summed E-state index contributed by atoms with van der Waals surface area (Å²) in [7, 11) is 2.08. The number of aromatic nitrogens is 3. The third kappa shape index (κ3) is 5.39. The number of carbonyl (C=O) groups excluding carboxylic acids is 1. The molecule has 9 nitrogen and oxygen atoms in total. The van der Waals surface area contributed by atoms with Crippen LogP contribution in [0.5, 0.6) is 0 Å². The van der Waals surface area contributed by atoms with Crippen molar-refractivity contribution in [3.05, 3.63) is 92.8 Å². The maximum Gasteiger partial charge on any atom is 0.274 e. The molecule has 0 spiro atoms. The molecule has 0 fully saturated rings. The summed E-state index contributed by atoms with van der Waals surface area (Å²) in [4.78, 5) is 38.2. The lowest BCUT2D eigenvalue weighted by atomic mass is 9.95. The van der Waals surface area contributed by atoms with Gasteiger partial charge < -0.3 is 24.9 Å². The van der Waals surface area contributed by atoms with Gasteiger partial charge in [-0.3, -0.25) is 14.5 Å². The van der Waals surface area contributed by atoms with Crippen LogP contribution in [0, 0.1) is 6.92 Å². The fraction of sp³-hybridized carbons (Fsp3) is 0.382. The van der Waals surface area contributed by atoms with Gasteiger partial charge in [0.05, 0.1) is 12.3 Å². The minimum Gasteiger partial charge on any atom is -0.392 e. The van der Waals surface area contributed by atoms with Gasteiger partial charge in [-0.2, -0.15) is 0 Å². The third-order valence-corrected chi connectivity index (χ3v) is 9.05. The van der Waals surface area contributed by atoms with E-state index in [0.717, 1.165) is 66.7 Å². The van der Waals surface area contributed by atoms with Crippen molar-refractivity contribution in [2.75, 3.05) is 23.8 Å². The average molecular weight is 581 g/mol. The number of hydrogen-bond donors (Lipinski definition) is 3. The topological polar surface area (TPSA) is 106 Å². The van der Waals surface area contributed by atoms with Gasteiger partial charge >= 0.3 is 0 Å². The second-order valence-corrected chi connectivity index (χ2v) is 12.0. The number of aromatic amines is 1. The molecule has 43 heavy (non-hydrogen) atoms. The van der Waals surface area contributed by atoms with Crippen LogP contribution in [-0.4, -0.2) is 50.1 Å². The number of rotatable bonds is 8. The van der Waals surface area contributed by atoms with Crippen molar-refractivity contribution in [1.82, 2.24) is 19.4 Å². The fourth-order valence-electron chi connectivity index (χ4n) is 6.36. The van der Waals surface area contributed by atoms with Crippen molar-refractivity contribution < 1.29 is 9.90 Å². The first kappa shape index (κ1) is 28.9. The summed E-state index contributed by atoms with van der Waals surface area (Å²) in [5.74, 6) is 0.532. The van der Waals surface area contributed by atoms with E-state index in [9.17, 15) is 14.7 Å². The summed E-state index contributed by atoms with van der Waals surface area (Å²) < 4.78 is 2.20. The van der Waals surface area contributed by atoms with E-state index in [1.54, 1.807) is 11.1 Å². The molecule has 2 aliphatic rings. The molecule has 3 N–H and O–H groups in total. The Balaban J connectivity index is 1.31. The highest BCUT2D eigenvalue weighted by Gasteiger charge is 2.31. The SMILES string of the molecule is Cc1c(-c2cccc(N3CCn4c(cc5c4CCCC5)C3=O)c2CO)c[nH]c(=O)c1Nc1ccc(CN(C)C(C)C)cn1. The number of fused-ring (bicyclic) bond motifs is 3. The lowest BCUT2D eigenvalue weighted by molar-refractivity contribution is 0.0964. The quantitative estimate of drug-likeness (QED) is 0.266. The molecule has 0 saturated heterocycles. The molecule has 0 radical (unpaired) electrons. The Bertz CT molecular complexity index is 1720. The van der Waals surface area contributed by atoms with E-state index < -0.39 is 0 Å². The molecular weight excluding hydrogens is 540 g/mol. The van der Waals surface area contributed by atoms with Crippen LogP contribution in [0.25, 0.3) is 11.1 Å². The van der Waals surface area contributed by atoms with E-state index >= 15 is 0 Å². The molecule has 3 aromatic heterocycles. The van der Waals surface area contributed by atoms with Crippen LogP contribution in [0.1, 0.15) is 65.1 Å².